The van der Waals surface area contributed by atoms with Crippen LogP contribution in [0, 0.1) is 5.92 Å². The van der Waals surface area contributed by atoms with Gasteiger partial charge in [0.25, 0.3) is 0 Å². The molecular weight excluding hydrogens is 693 g/mol. The number of hydrogen-bond acceptors (Lipinski definition) is 2. The summed E-state index contributed by atoms with van der Waals surface area (Å²) in [5, 5.41) is 3.10. The van der Waals surface area contributed by atoms with Gasteiger partial charge in [0.1, 0.15) is 8.07 Å². The van der Waals surface area contributed by atoms with Gasteiger partial charge in [-0.3, -0.25) is 0 Å². The van der Waals surface area contributed by atoms with Crippen LogP contribution in [0.5, 0.6) is 0 Å². The van der Waals surface area contributed by atoms with Gasteiger partial charge in [-0.05, 0) is 111 Å². The van der Waals surface area contributed by atoms with E-state index in [0.717, 1.165) is 34.6 Å². The number of allylic oxidation sites excluding steroid dienone is 9. The lowest BCUT2D eigenvalue weighted by Crippen LogP contribution is -2.52. The molecule has 1 unspecified atom stereocenters. The van der Waals surface area contributed by atoms with E-state index in [9.17, 15) is 0 Å². The molecule has 3 heteroatoms. The molecule has 0 spiro atoms. The SMILES string of the molecule is C=CC1=C(/C=C\C)N(c2ccc(/C=C/c3ccc4c(c3)C(C)(C)c3cc(N5C6=C(C=CCC6C)[Si](C)(C)c6ccccc65)ccc3-4)cc2)c2ccccc2C=C1. The minimum Gasteiger partial charge on any atom is -0.314 e. The Balaban J connectivity index is 1.02. The summed E-state index contributed by atoms with van der Waals surface area (Å²) >= 11 is 0. The molecular formula is C53H50N2Si. The van der Waals surface area contributed by atoms with Crippen molar-refractivity contribution in [2.75, 3.05) is 9.80 Å². The van der Waals surface area contributed by atoms with Gasteiger partial charge in [-0.25, -0.2) is 0 Å². The van der Waals surface area contributed by atoms with Crippen molar-refractivity contribution >= 4 is 54.2 Å². The van der Waals surface area contributed by atoms with Crippen LogP contribution in [-0.4, -0.2) is 8.07 Å². The first-order valence-corrected chi connectivity index (χ1v) is 23.1. The second-order valence-corrected chi connectivity index (χ2v) is 21.0. The molecule has 2 aliphatic heterocycles. The van der Waals surface area contributed by atoms with Crippen LogP contribution in [0.1, 0.15) is 61.9 Å². The maximum absolute atomic E-state index is 4.13. The number of hydrogen-bond donors (Lipinski definition) is 0. The van der Waals surface area contributed by atoms with Gasteiger partial charge in [0.2, 0.25) is 0 Å². The maximum Gasteiger partial charge on any atom is 0.117 e. The molecule has 0 fully saturated rings. The Morgan fingerprint density at radius 3 is 2.12 bits per heavy atom. The molecule has 4 aliphatic rings. The number of para-hydroxylation sites is 2. The number of benzene rings is 5. The molecule has 0 amide bonds. The Kier molecular flexibility index (Phi) is 8.74. The molecule has 2 heterocycles. The second kappa shape index (κ2) is 13.7. The van der Waals surface area contributed by atoms with E-state index in [0.29, 0.717) is 5.92 Å². The molecule has 9 rings (SSSR count). The van der Waals surface area contributed by atoms with Gasteiger partial charge in [-0.15, -0.1) is 0 Å². The molecule has 0 bridgehead atoms. The minimum atomic E-state index is -1.83. The summed E-state index contributed by atoms with van der Waals surface area (Å²) in [7, 11) is -1.83. The van der Waals surface area contributed by atoms with Crippen LogP contribution in [0.2, 0.25) is 13.1 Å². The Labute approximate surface area is 334 Å². The zero-order chi connectivity index (χ0) is 38.8. The highest BCUT2D eigenvalue weighted by atomic mass is 28.3. The number of nitrogens with zero attached hydrogens (tertiary/aromatic N) is 2. The van der Waals surface area contributed by atoms with Crippen LogP contribution >= 0.6 is 0 Å². The van der Waals surface area contributed by atoms with Gasteiger partial charge in [-0.2, -0.15) is 0 Å². The zero-order valence-electron chi connectivity index (χ0n) is 33.5. The van der Waals surface area contributed by atoms with Crippen LogP contribution in [-0.2, 0) is 5.41 Å². The summed E-state index contributed by atoms with van der Waals surface area (Å²) in [6, 6.07) is 40.9. The highest BCUT2D eigenvalue weighted by Gasteiger charge is 2.43. The zero-order valence-corrected chi connectivity index (χ0v) is 34.5. The van der Waals surface area contributed by atoms with Crippen LogP contribution in [0.15, 0.2) is 174 Å². The molecule has 1 atom stereocenters. The van der Waals surface area contributed by atoms with Crippen LogP contribution < -0.4 is 15.0 Å². The molecule has 2 aliphatic carbocycles. The van der Waals surface area contributed by atoms with Crippen molar-refractivity contribution < 1.29 is 0 Å². The molecule has 0 N–H and O–H groups in total. The lowest BCUT2D eigenvalue weighted by Gasteiger charge is -2.45. The maximum atomic E-state index is 4.13. The molecule has 0 aromatic heterocycles. The molecule has 5 aromatic carbocycles. The van der Waals surface area contributed by atoms with Gasteiger partial charge in [-0.1, -0.05) is 162 Å². The summed E-state index contributed by atoms with van der Waals surface area (Å²) in [4.78, 5) is 4.94. The predicted molar refractivity (Wildman–Crippen MR) is 245 cm³/mol. The number of rotatable bonds is 6. The van der Waals surface area contributed by atoms with Crippen LogP contribution in [0.4, 0.5) is 22.7 Å². The lowest BCUT2D eigenvalue weighted by atomic mass is 9.81. The van der Waals surface area contributed by atoms with Crippen LogP contribution in [0.3, 0.4) is 0 Å². The smallest absolute Gasteiger partial charge is 0.117 e. The Morgan fingerprint density at radius 2 is 1.36 bits per heavy atom. The van der Waals surface area contributed by atoms with E-state index in [1.165, 1.54) is 55.6 Å². The fraction of sp³-hybridized carbons (Fsp3) is 0.170. The minimum absolute atomic E-state index is 0.133. The summed E-state index contributed by atoms with van der Waals surface area (Å²) in [6.45, 7) is 18.4. The van der Waals surface area contributed by atoms with Gasteiger partial charge < -0.3 is 9.80 Å². The van der Waals surface area contributed by atoms with E-state index in [1.54, 1.807) is 5.20 Å². The monoisotopic (exact) mass is 742 g/mol. The van der Waals surface area contributed by atoms with E-state index >= 15 is 0 Å². The predicted octanol–water partition coefficient (Wildman–Crippen LogP) is 13.8. The summed E-state index contributed by atoms with van der Waals surface area (Å²) < 4.78 is 0. The third-order valence-corrected chi connectivity index (χ3v) is 16.1. The van der Waals surface area contributed by atoms with E-state index in [2.05, 4.69) is 215 Å². The largest absolute Gasteiger partial charge is 0.314 e. The second-order valence-electron chi connectivity index (χ2n) is 16.7. The Bertz CT molecular complexity index is 2600. The fourth-order valence-corrected chi connectivity index (χ4v) is 12.7. The van der Waals surface area contributed by atoms with Gasteiger partial charge >= 0.3 is 0 Å². The molecule has 0 saturated carbocycles. The Hall–Kier alpha value is -5.90. The van der Waals surface area contributed by atoms with Crippen molar-refractivity contribution in [1.82, 2.24) is 0 Å². The topological polar surface area (TPSA) is 6.48 Å². The fourth-order valence-electron chi connectivity index (χ4n) is 9.52. The summed E-state index contributed by atoms with van der Waals surface area (Å²) in [5.41, 5.74) is 17.5. The molecule has 0 radical (unpaired) electrons. The number of fused-ring (bicyclic) bond motifs is 5. The van der Waals surface area contributed by atoms with Crippen molar-refractivity contribution in [3.63, 3.8) is 0 Å². The average molecular weight is 743 g/mol. The molecule has 5 aromatic rings. The van der Waals surface area contributed by atoms with Crippen molar-refractivity contribution in [3.05, 3.63) is 202 Å². The molecule has 56 heavy (non-hydrogen) atoms. The van der Waals surface area contributed by atoms with Crippen molar-refractivity contribution in [1.29, 1.82) is 0 Å². The number of anilines is 4. The van der Waals surface area contributed by atoms with Gasteiger partial charge in [0.05, 0.1) is 11.4 Å². The first-order chi connectivity index (χ1) is 27.1. The normalized spacial score (nSPS) is 18.9. The quantitative estimate of drug-likeness (QED) is 0.126. The third-order valence-electron chi connectivity index (χ3n) is 12.5. The lowest BCUT2D eigenvalue weighted by molar-refractivity contribution is 0.656. The van der Waals surface area contributed by atoms with E-state index in [1.807, 2.05) is 6.08 Å². The van der Waals surface area contributed by atoms with Crippen molar-refractivity contribution in [3.8, 4) is 11.1 Å². The first kappa shape index (κ1) is 35.8. The summed E-state index contributed by atoms with van der Waals surface area (Å²) in [6.07, 6.45) is 21.0. The average Bonchev–Trinajstić information content (AvgIpc) is 3.32. The summed E-state index contributed by atoms with van der Waals surface area (Å²) in [5.74, 6) is 0.472. The van der Waals surface area contributed by atoms with Crippen molar-refractivity contribution in [2.24, 2.45) is 5.92 Å². The standard InChI is InChI=1S/C53H50N2Si/c1-8-15-47-39(9-2)27-28-40-17-10-11-18-48(40)54(47)41-29-24-37(25-30-41)22-23-38-26-32-43-44-33-31-42(35-46(44)53(4,5)45(43)34-38)55-49-19-12-13-20-50(49)56(6,7)51-21-14-16-36(3)52(51)55/h8-15,17-36H,2,16H2,1,3-7H3/b15-8-,23-22+. The highest BCUT2D eigenvalue weighted by Crippen LogP contribution is 2.52. The highest BCUT2D eigenvalue weighted by molar-refractivity contribution is 6.97. The van der Waals surface area contributed by atoms with E-state index in [-0.39, 0.29) is 5.41 Å². The van der Waals surface area contributed by atoms with Crippen LogP contribution in [0.25, 0.3) is 29.4 Å². The molecule has 276 valence electrons. The molecule has 0 saturated heterocycles. The van der Waals surface area contributed by atoms with Gasteiger partial charge in [0.15, 0.2) is 0 Å². The first-order valence-electron chi connectivity index (χ1n) is 20.1. The van der Waals surface area contributed by atoms with E-state index in [4.69, 9.17) is 0 Å². The van der Waals surface area contributed by atoms with E-state index < -0.39 is 8.07 Å². The van der Waals surface area contributed by atoms with Gasteiger partial charge in [0, 0.05) is 34.1 Å². The Morgan fingerprint density at radius 1 is 0.696 bits per heavy atom. The third kappa shape index (κ3) is 5.68. The van der Waals surface area contributed by atoms with Crippen molar-refractivity contribution in [2.45, 2.75) is 52.6 Å². The molecule has 2 nitrogen and oxygen atoms in total.